The van der Waals surface area contributed by atoms with Crippen LogP contribution in [0, 0.1) is 6.92 Å². The maximum atomic E-state index is 12.3. The molecule has 6 heteroatoms. The van der Waals surface area contributed by atoms with Gasteiger partial charge in [-0.15, -0.1) is 0 Å². The number of nitrogens with one attached hydrogen (secondary N) is 1. The van der Waals surface area contributed by atoms with E-state index in [0.29, 0.717) is 11.3 Å². The number of anilines is 2. The van der Waals surface area contributed by atoms with Crippen LogP contribution in [0.15, 0.2) is 48.5 Å². The Labute approximate surface area is 159 Å². The maximum Gasteiger partial charge on any atom is 0.340 e. The zero-order valence-electron chi connectivity index (χ0n) is 15.8. The fourth-order valence-corrected chi connectivity index (χ4v) is 2.68. The second-order valence-electron chi connectivity index (χ2n) is 6.02. The van der Waals surface area contributed by atoms with Crippen LogP contribution in [0.3, 0.4) is 0 Å². The number of hydrogen-bond acceptors (Lipinski definition) is 4. The van der Waals surface area contributed by atoms with Crippen molar-refractivity contribution < 1.29 is 19.1 Å². The van der Waals surface area contributed by atoms with Crippen LogP contribution < -0.4 is 10.2 Å². The predicted molar refractivity (Wildman–Crippen MR) is 105 cm³/mol. The molecule has 1 N–H and O–H groups in total. The molecule has 0 aliphatic rings. The van der Waals surface area contributed by atoms with E-state index in [-0.39, 0.29) is 31.4 Å². The van der Waals surface area contributed by atoms with E-state index in [1.54, 1.807) is 31.2 Å². The predicted octanol–water partition coefficient (Wildman–Crippen LogP) is 3.55. The molecule has 0 bridgehead atoms. The second kappa shape index (κ2) is 9.52. The molecule has 0 saturated carbocycles. The van der Waals surface area contributed by atoms with Gasteiger partial charge in [-0.3, -0.25) is 9.59 Å². The number of esters is 1. The van der Waals surface area contributed by atoms with Gasteiger partial charge in [0.05, 0.1) is 17.9 Å². The molecule has 0 heterocycles. The van der Waals surface area contributed by atoms with Crippen LogP contribution in [-0.2, 0) is 14.3 Å². The van der Waals surface area contributed by atoms with Gasteiger partial charge >= 0.3 is 5.97 Å². The van der Waals surface area contributed by atoms with Gasteiger partial charge in [0.2, 0.25) is 11.8 Å². The largest absolute Gasteiger partial charge is 0.462 e. The first kappa shape index (κ1) is 20.2. The lowest BCUT2D eigenvalue weighted by molar-refractivity contribution is -0.117. The Morgan fingerprint density at radius 2 is 1.70 bits per heavy atom. The molecule has 27 heavy (non-hydrogen) atoms. The second-order valence-corrected chi connectivity index (χ2v) is 6.02. The number of aryl methyl sites for hydroxylation is 1. The number of ether oxygens (including phenoxy) is 1. The molecule has 142 valence electrons. The summed E-state index contributed by atoms with van der Waals surface area (Å²) in [5, 5.41) is 2.85. The highest BCUT2D eigenvalue weighted by Crippen LogP contribution is 2.22. The number of rotatable bonds is 7. The summed E-state index contributed by atoms with van der Waals surface area (Å²) in [5.41, 5.74) is 2.44. The fourth-order valence-electron chi connectivity index (χ4n) is 2.68. The number of benzene rings is 2. The quantitative estimate of drug-likeness (QED) is 0.758. The van der Waals surface area contributed by atoms with Crippen LogP contribution in [0.5, 0.6) is 0 Å². The van der Waals surface area contributed by atoms with E-state index in [9.17, 15) is 14.4 Å². The van der Waals surface area contributed by atoms with Crippen molar-refractivity contribution in [2.45, 2.75) is 27.2 Å². The molecular weight excluding hydrogens is 344 g/mol. The molecule has 0 radical (unpaired) electrons. The lowest BCUT2D eigenvalue weighted by Gasteiger charge is -2.23. The van der Waals surface area contributed by atoms with E-state index in [4.69, 9.17) is 4.74 Å². The van der Waals surface area contributed by atoms with Crippen LogP contribution in [-0.4, -0.2) is 30.9 Å². The van der Waals surface area contributed by atoms with Crippen LogP contribution in [0.1, 0.15) is 36.2 Å². The summed E-state index contributed by atoms with van der Waals surface area (Å²) in [4.78, 5) is 38.0. The third-order valence-corrected chi connectivity index (χ3v) is 4.05. The first-order valence-corrected chi connectivity index (χ1v) is 8.83. The van der Waals surface area contributed by atoms with Crippen molar-refractivity contribution in [1.82, 2.24) is 0 Å². The highest BCUT2D eigenvalue weighted by molar-refractivity contribution is 6.02. The Hall–Kier alpha value is -3.15. The Morgan fingerprint density at radius 3 is 2.37 bits per heavy atom. The van der Waals surface area contributed by atoms with Gasteiger partial charge in [0.1, 0.15) is 0 Å². The Balaban J connectivity index is 2.13. The minimum absolute atomic E-state index is 0.102. The molecule has 0 saturated heterocycles. The zero-order valence-corrected chi connectivity index (χ0v) is 15.8. The lowest BCUT2D eigenvalue weighted by Crippen LogP contribution is -2.33. The number of amides is 2. The molecule has 0 unspecified atom stereocenters. The van der Waals surface area contributed by atoms with E-state index in [0.717, 1.165) is 11.3 Å². The average Bonchev–Trinajstić information content (AvgIpc) is 2.64. The van der Waals surface area contributed by atoms with E-state index >= 15 is 0 Å². The van der Waals surface area contributed by atoms with Crippen molar-refractivity contribution in [3.8, 4) is 0 Å². The summed E-state index contributed by atoms with van der Waals surface area (Å²) in [6, 6.07) is 14.2. The normalized spacial score (nSPS) is 10.2. The molecule has 0 aliphatic heterocycles. The molecule has 0 atom stereocenters. The third kappa shape index (κ3) is 5.41. The van der Waals surface area contributed by atoms with Crippen LogP contribution >= 0.6 is 0 Å². The lowest BCUT2D eigenvalue weighted by atomic mass is 10.1. The van der Waals surface area contributed by atoms with Crippen LogP contribution in [0.25, 0.3) is 0 Å². The van der Waals surface area contributed by atoms with E-state index in [1.165, 1.54) is 11.8 Å². The van der Waals surface area contributed by atoms with Crippen molar-refractivity contribution >= 4 is 29.2 Å². The number of para-hydroxylation sites is 2. The van der Waals surface area contributed by atoms with Crippen molar-refractivity contribution in [2.24, 2.45) is 0 Å². The molecule has 2 amide bonds. The minimum Gasteiger partial charge on any atom is -0.462 e. The number of hydrogen-bond donors (Lipinski definition) is 1. The van der Waals surface area contributed by atoms with Crippen LogP contribution in [0.2, 0.25) is 0 Å². The van der Waals surface area contributed by atoms with Gasteiger partial charge in [-0.2, -0.15) is 0 Å². The van der Waals surface area contributed by atoms with Gasteiger partial charge < -0.3 is 15.0 Å². The molecule has 0 spiro atoms. The monoisotopic (exact) mass is 368 g/mol. The molecular formula is C21H24N2O4. The summed E-state index contributed by atoms with van der Waals surface area (Å²) in [7, 11) is 0. The molecule has 0 aromatic heterocycles. The van der Waals surface area contributed by atoms with Gasteiger partial charge in [-0.05, 0) is 37.6 Å². The average molecular weight is 368 g/mol. The zero-order chi connectivity index (χ0) is 19.8. The Kier molecular flexibility index (Phi) is 7.11. The van der Waals surface area contributed by atoms with Crippen molar-refractivity contribution in [2.75, 3.05) is 23.4 Å². The molecule has 2 aromatic carbocycles. The standard InChI is InChI=1S/C21H24N2O4/c1-4-27-21(26)17-10-6-8-12-19(17)23(16(3)24)14-13-20(25)22-18-11-7-5-9-15(18)2/h5-12H,4,13-14H2,1-3H3,(H,22,25). The van der Waals surface area contributed by atoms with E-state index in [2.05, 4.69) is 5.32 Å². The smallest absolute Gasteiger partial charge is 0.340 e. The number of carbonyl (C=O) groups is 3. The van der Waals surface area contributed by atoms with E-state index < -0.39 is 5.97 Å². The minimum atomic E-state index is -0.497. The summed E-state index contributed by atoms with van der Waals surface area (Å²) in [6.45, 7) is 5.43. The van der Waals surface area contributed by atoms with Gasteiger partial charge in [0.25, 0.3) is 0 Å². The topological polar surface area (TPSA) is 75.7 Å². The van der Waals surface area contributed by atoms with Gasteiger partial charge in [-0.1, -0.05) is 30.3 Å². The molecule has 6 nitrogen and oxygen atoms in total. The summed E-state index contributed by atoms with van der Waals surface area (Å²) in [5.74, 6) is -0.955. The Bertz CT molecular complexity index is 832. The molecule has 0 aliphatic carbocycles. The van der Waals surface area contributed by atoms with Crippen molar-refractivity contribution in [3.63, 3.8) is 0 Å². The van der Waals surface area contributed by atoms with Gasteiger partial charge in [0.15, 0.2) is 0 Å². The first-order valence-electron chi connectivity index (χ1n) is 8.83. The number of nitrogens with zero attached hydrogens (tertiary/aromatic N) is 1. The first-order chi connectivity index (χ1) is 12.9. The highest BCUT2D eigenvalue weighted by Gasteiger charge is 2.20. The molecule has 2 rings (SSSR count). The SMILES string of the molecule is CCOC(=O)c1ccccc1N(CCC(=O)Nc1ccccc1C)C(C)=O. The summed E-state index contributed by atoms with van der Waals surface area (Å²) in [6.07, 6.45) is 0.102. The maximum absolute atomic E-state index is 12.3. The van der Waals surface area contributed by atoms with Crippen molar-refractivity contribution in [3.05, 3.63) is 59.7 Å². The molecule has 0 fully saturated rings. The third-order valence-electron chi connectivity index (χ3n) is 4.05. The summed E-state index contributed by atoms with van der Waals surface area (Å²) < 4.78 is 5.06. The van der Waals surface area contributed by atoms with Gasteiger partial charge in [-0.25, -0.2) is 4.79 Å². The van der Waals surface area contributed by atoms with Crippen molar-refractivity contribution in [1.29, 1.82) is 0 Å². The number of carbonyl (C=O) groups excluding carboxylic acids is 3. The van der Waals surface area contributed by atoms with Gasteiger partial charge in [0, 0.05) is 25.6 Å². The molecule has 2 aromatic rings. The fraction of sp³-hybridized carbons (Fsp3) is 0.286. The van der Waals surface area contributed by atoms with Crippen LogP contribution in [0.4, 0.5) is 11.4 Å². The van der Waals surface area contributed by atoms with E-state index in [1.807, 2.05) is 31.2 Å². The highest BCUT2D eigenvalue weighted by atomic mass is 16.5. The summed E-state index contributed by atoms with van der Waals surface area (Å²) >= 11 is 0. The Morgan fingerprint density at radius 1 is 1.04 bits per heavy atom.